The molecule has 0 unspecified atom stereocenters. The lowest BCUT2D eigenvalue weighted by Gasteiger charge is -1.88. The van der Waals surface area contributed by atoms with Gasteiger partial charge in [0.05, 0.1) is 0 Å². The minimum Gasteiger partial charge on any atom is -0.374 e. The minimum absolute atomic E-state index is 0.161. The number of hydrogen-bond acceptors (Lipinski definition) is 1. The van der Waals surface area contributed by atoms with Crippen molar-refractivity contribution in [2.45, 2.75) is 0 Å². The van der Waals surface area contributed by atoms with Crippen molar-refractivity contribution in [1.82, 2.24) is 0 Å². The molecule has 0 amide bonds. The van der Waals surface area contributed by atoms with E-state index in [4.69, 9.17) is 5.73 Å². The van der Waals surface area contributed by atoms with Crippen molar-refractivity contribution < 1.29 is 0 Å². The summed E-state index contributed by atoms with van der Waals surface area (Å²) in [6, 6.07) is 9.67. The van der Waals surface area contributed by atoms with Crippen molar-refractivity contribution in [3.8, 4) is 0 Å². The molecule has 0 aliphatic rings. The zero-order valence-electron chi connectivity index (χ0n) is 5.90. The topological polar surface area (TPSA) is 38.4 Å². The summed E-state index contributed by atoms with van der Waals surface area (Å²) in [4.78, 5) is 3.78. The van der Waals surface area contributed by atoms with Gasteiger partial charge in [-0.05, 0) is 17.8 Å². The third kappa shape index (κ3) is 2.91. The second-order valence-electron chi connectivity index (χ2n) is 2.01. The highest BCUT2D eigenvalue weighted by Crippen LogP contribution is 1.93. The number of hydrogen-bond donors (Lipinski definition) is 1. The van der Waals surface area contributed by atoms with Crippen molar-refractivity contribution >= 4 is 23.5 Å². The summed E-state index contributed by atoms with van der Waals surface area (Å²) in [6.07, 6.45) is 1.64. The Morgan fingerprint density at radius 2 is 2.00 bits per heavy atom. The van der Waals surface area contributed by atoms with E-state index in [1.807, 2.05) is 30.3 Å². The Kier molecular flexibility index (Phi) is 2.74. The summed E-state index contributed by atoms with van der Waals surface area (Å²) in [6.45, 7) is 0. The van der Waals surface area contributed by atoms with Crippen LogP contribution in [0.1, 0.15) is 5.56 Å². The highest BCUT2D eigenvalue weighted by atomic mass is 32.1. The van der Waals surface area contributed by atoms with E-state index in [0.29, 0.717) is 0 Å². The van der Waals surface area contributed by atoms with Gasteiger partial charge in [0.2, 0.25) is 0 Å². The molecular weight excluding hydrogens is 156 g/mol. The number of nitrogens with zero attached hydrogens (tertiary/aromatic N) is 1. The predicted molar refractivity (Wildman–Crippen MR) is 50.8 cm³/mol. The summed E-state index contributed by atoms with van der Waals surface area (Å²) in [5, 5.41) is 0.161. The molecule has 0 atom stereocenters. The summed E-state index contributed by atoms with van der Waals surface area (Å²) in [5.41, 5.74) is 6.17. The van der Waals surface area contributed by atoms with Crippen molar-refractivity contribution in [2.75, 3.05) is 0 Å². The SMILES string of the molecule is NC(=S)/N=C/c1ccccc1. The first-order valence-corrected chi connectivity index (χ1v) is 3.58. The van der Waals surface area contributed by atoms with Crippen LogP contribution in [0.25, 0.3) is 0 Å². The van der Waals surface area contributed by atoms with Crippen LogP contribution in [-0.2, 0) is 0 Å². The van der Waals surface area contributed by atoms with Crippen LogP contribution in [0.5, 0.6) is 0 Å². The van der Waals surface area contributed by atoms with Gasteiger partial charge in [-0.3, -0.25) is 0 Å². The third-order valence-corrected chi connectivity index (χ3v) is 1.25. The maximum absolute atomic E-state index is 5.17. The van der Waals surface area contributed by atoms with E-state index >= 15 is 0 Å². The van der Waals surface area contributed by atoms with Crippen LogP contribution in [-0.4, -0.2) is 11.3 Å². The monoisotopic (exact) mass is 164 g/mol. The van der Waals surface area contributed by atoms with E-state index in [9.17, 15) is 0 Å². The van der Waals surface area contributed by atoms with Crippen molar-refractivity contribution in [1.29, 1.82) is 0 Å². The normalized spacial score (nSPS) is 10.2. The molecule has 0 heterocycles. The molecule has 0 aliphatic heterocycles. The lowest BCUT2D eigenvalue weighted by molar-refractivity contribution is 1.61. The lowest BCUT2D eigenvalue weighted by Crippen LogP contribution is -2.03. The maximum atomic E-state index is 5.17. The summed E-state index contributed by atoms with van der Waals surface area (Å²) in [7, 11) is 0. The van der Waals surface area contributed by atoms with Gasteiger partial charge in [-0.25, -0.2) is 4.99 Å². The molecular formula is C8H8N2S. The van der Waals surface area contributed by atoms with Crippen molar-refractivity contribution in [3.63, 3.8) is 0 Å². The average Bonchev–Trinajstić information content (AvgIpc) is 2.03. The highest BCUT2D eigenvalue weighted by molar-refractivity contribution is 7.80. The highest BCUT2D eigenvalue weighted by Gasteiger charge is 1.82. The molecule has 56 valence electrons. The standard InChI is InChI=1S/C8H8N2S/c9-8(11)10-6-7-4-2-1-3-5-7/h1-6H,(H2,9,11)/b10-6+. The second-order valence-corrected chi connectivity index (χ2v) is 2.43. The molecule has 0 radical (unpaired) electrons. The molecule has 3 heteroatoms. The second kappa shape index (κ2) is 3.83. The Bertz CT molecular complexity index is 267. The molecule has 1 rings (SSSR count). The number of aliphatic imine (C=N–C) groups is 1. The molecule has 2 nitrogen and oxygen atoms in total. The van der Waals surface area contributed by atoms with Crippen molar-refractivity contribution in [3.05, 3.63) is 35.9 Å². The molecule has 0 aromatic heterocycles. The Labute approximate surface area is 70.8 Å². The molecule has 0 fully saturated rings. The van der Waals surface area contributed by atoms with Gasteiger partial charge >= 0.3 is 0 Å². The number of benzene rings is 1. The summed E-state index contributed by atoms with van der Waals surface area (Å²) >= 11 is 4.57. The summed E-state index contributed by atoms with van der Waals surface area (Å²) < 4.78 is 0. The van der Waals surface area contributed by atoms with Crippen LogP contribution < -0.4 is 5.73 Å². The van der Waals surface area contributed by atoms with E-state index in [-0.39, 0.29) is 5.11 Å². The van der Waals surface area contributed by atoms with Gasteiger partial charge in [0.1, 0.15) is 0 Å². The lowest BCUT2D eigenvalue weighted by atomic mass is 10.2. The quantitative estimate of drug-likeness (QED) is 0.502. The van der Waals surface area contributed by atoms with E-state index in [0.717, 1.165) is 5.56 Å². The Morgan fingerprint density at radius 1 is 1.36 bits per heavy atom. The number of rotatable bonds is 1. The van der Waals surface area contributed by atoms with Crippen LogP contribution in [0.2, 0.25) is 0 Å². The zero-order chi connectivity index (χ0) is 8.10. The van der Waals surface area contributed by atoms with E-state index < -0.39 is 0 Å². The van der Waals surface area contributed by atoms with Gasteiger partial charge in [-0.2, -0.15) is 0 Å². The number of thiocarbonyl (C=S) groups is 1. The van der Waals surface area contributed by atoms with E-state index in [1.54, 1.807) is 6.21 Å². The molecule has 0 spiro atoms. The fraction of sp³-hybridized carbons (Fsp3) is 0. The molecule has 0 saturated carbocycles. The molecule has 1 aromatic rings. The van der Waals surface area contributed by atoms with Gasteiger partial charge in [0.15, 0.2) is 5.11 Å². The molecule has 11 heavy (non-hydrogen) atoms. The summed E-state index contributed by atoms with van der Waals surface area (Å²) in [5.74, 6) is 0. The minimum atomic E-state index is 0.161. The zero-order valence-corrected chi connectivity index (χ0v) is 6.71. The van der Waals surface area contributed by atoms with E-state index in [1.165, 1.54) is 0 Å². The Hall–Kier alpha value is -1.22. The first kappa shape index (κ1) is 7.88. The molecule has 1 aromatic carbocycles. The Morgan fingerprint density at radius 3 is 2.55 bits per heavy atom. The van der Waals surface area contributed by atoms with Gasteiger partial charge in [-0.1, -0.05) is 30.3 Å². The van der Waals surface area contributed by atoms with Gasteiger partial charge in [0.25, 0.3) is 0 Å². The van der Waals surface area contributed by atoms with Crippen LogP contribution in [0.15, 0.2) is 35.3 Å². The first-order chi connectivity index (χ1) is 5.29. The number of nitrogens with two attached hydrogens (primary N) is 1. The largest absolute Gasteiger partial charge is 0.374 e. The van der Waals surface area contributed by atoms with Gasteiger partial charge in [0, 0.05) is 6.21 Å². The van der Waals surface area contributed by atoms with Crippen molar-refractivity contribution in [2.24, 2.45) is 10.7 Å². The van der Waals surface area contributed by atoms with Crippen LogP contribution in [0, 0.1) is 0 Å². The molecule has 2 N–H and O–H groups in total. The van der Waals surface area contributed by atoms with Crippen LogP contribution >= 0.6 is 12.2 Å². The fourth-order valence-corrected chi connectivity index (χ4v) is 0.730. The fourth-order valence-electron chi connectivity index (χ4n) is 0.677. The molecule has 0 saturated heterocycles. The van der Waals surface area contributed by atoms with Gasteiger partial charge in [-0.15, -0.1) is 0 Å². The van der Waals surface area contributed by atoms with Crippen LogP contribution in [0.4, 0.5) is 0 Å². The maximum Gasteiger partial charge on any atom is 0.190 e. The molecule has 0 aliphatic carbocycles. The third-order valence-electron chi connectivity index (χ3n) is 1.14. The first-order valence-electron chi connectivity index (χ1n) is 3.17. The van der Waals surface area contributed by atoms with E-state index in [2.05, 4.69) is 17.2 Å². The van der Waals surface area contributed by atoms with Crippen LogP contribution in [0.3, 0.4) is 0 Å². The Balaban J connectivity index is 2.72. The van der Waals surface area contributed by atoms with Gasteiger partial charge < -0.3 is 5.73 Å². The smallest absolute Gasteiger partial charge is 0.190 e. The average molecular weight is 164 g/mol. The molecule has 0 bridgehead atoms. The predicted octanol–water partition coefficient (Wildman–Crippen LogP) is 1.35.